The molecule has 1 aliphatic heterocycles. The fourth-order valence-corrected chi connectivity index (χ4v) is 16.0. The van der Waals surface area contributed by atoms with E-state index in [-0.39, 0.29) is 60.6 Å². The summed E-state index contributed by atoms with van der Waals surface area (Å²) >= 11 is 0. The van der Waals surface area contributed by atoms with Gasteiger partial charge in [0.2, 0.25) is 45.5 Å². The Morgan fingerprint density at radius 2 is 1.46 bits per heavy atom. The largest absolute Gasteiger partial charge is 0.508 e. The molecule has 31 nitrogen and oxygen atoms in total. The number of rotatable bonds is 39. The van der Waals surface area contributed by atoms with Gasteiger partial charge in [-0.2, -0.15) is 0 Å². The number of aliphatic hydroxyl groups excluding tert-OH is 5. The number of carbonyl (C=O) groups excluding carboxylic acids is 6. The van der Waals surface area contributed by atoms with E-state index in [1.54, 1.807) is 102 Å². The molecule has 112 heavy (non-hydrogen) atoms. The van der Waals surface area contributed by atoms with E-state index in [1.807, 2.05) is 19.1 Å². The minimum Gasteiger partial charge on any atom is -0.508 e. The third kappa shape index (κ3) is 22.4. The maximum atomic E-state index is 14.5. The SMILES string of the molecule is C=CC(C)(C)OC[C@H]1O[C@H](O[C@@H]2C3=C(C(C)C)C[C@H](OCc4ccccc4/C=N\OC[C@@H](NC(=O)[C@H](CC(=O)O)NC(=O)[C@H](Cc4ccc(O)cc4)NC(=O)[C@H](CO)NC(=O)[C@H](CCC(N)=O)NC(=O)CNS(=O)(=O)c4cccc5c(N(C)C)cccc45)C(C)C)[C@]3(C)C=C3[C@@H](COC)CC[C@H]3[C@@H](C)[C@H]2O)[C@H](O)[C@@H](O)[C@@H]1O. The summed E-state index contributed by atoms with van der Waals surface area (Å²) in [6.45, 7) is 17.1. The molecule has 1 saturated heterocycles. The highest BCUT2D eigenvalue weighted by molar-refractivity contribution is 7.89. The van der Waals surface area contributed by atoms with Gasteiger partial charge < -0.3 is 101 Å². The van der Waals surface area contributed by atoms with Crippen molar-refractivity contribution in [3.8, 4) is 5.75 Å². The molecule has 2 fully saturated rings. The van der Waals surface area contributed by atoms with Gasteiger partial charge in [0, 0.05) is 67.4 Å². The number of anilines is 1. The Balaban J connectivity index is 0.943. The molecule has 4 aromatic carbocycles. The Kier molecular flexibility index (Phi) is 31.2. The molecule has 8 rings (SSSR count). The molecule has 4 aromatic rings. The predicted octanol–water partition coefficient (Wildman–Crippen LogP) is 3.03. The first-order chi connectivity index (χ1) is 52.9. The zero-order chi connectivity index (χ0) is 82.3. The van der Waals surface area contributed by atoms with Gasteiger partial charge in [-0.15, -0.1) is 6.58 Å². The third-order valence-corrected chi connectivity index (χ3v) is 22.9. The van der Waals surface area contributed by atoms with E-state index in [4.69, 9.17) is 34.3 Å². The Labute approximate surface area is 653 Å². The van der Waals surface area contributed by atoms with Crippen LogP contribution in [-0.2, 0) is 85.1 Å². The number of carboxylic acid groups (broad SMARTS) is 1. The van der Waals surface area contributed by atoms with E-state index in [9.17, 15) is 77.7 Å². The van der Waals surface area contributed by atoms with E-state index < -0.39 is 180 Å². The average molecular weight is 1580 g/mol. The number of hydrogen-bond acceptors (Lipinski definition) is 23. The number of nitrogens with one attached hydrogen (secondary N) is 6. The number of ether oxygens (including phenoxy) is 5. The summed E-state index contributed by atoms with van der Waals surface area (Å²) in [7, 11) is 0.873. The van der Waals surface area contributed by atoms with Gasteiger partial charge in [-0.1, -0.05) is 124 Å². The molecule has 0 radical (unpaired) electrons. The molecule has 0 aromatic heterocycles. The van der Waals surface area contributed by atoms with Crippen LogP contribution < -0.4 is 41.9 Å². The standard InChI is InChI=1S/C80H111N9O22S/c1-13-79(7,8)108-42-62-70(97)71(98)72(99)78(110-62)111-73-68-54(43(2)3)33-64(80(68,9)35-55-49(39-106-12)26-29-51(55)45(6)69(73)96)107-40-48-19-15-14-18-47(48)36-82-109-41-60(44(4)5)88-76(102)58(34-67(94)95)86-75(101)57(32-46-24-27-50(91)28-25-46)85-77(103)59(38-90)87-74(100)56(30-31-65(81)92)84-66(93)37-83-112(104,105)63-23-17-20-52-53(63)21-16-22-61(52)89(10)11/h13-25,27-28,35-36,43-45,49,51,56-60,62,64,69-73,78,83,90-91,96-99H,1,26,29-34,37-42H2,2-12H3,(H2,81,92)(H,84,93)(H,85,103)(H,86,101)(H,87,100)(H,88,102)(H,94,95)/b55-35?,82-36-/t45-,49-,51+,56+,57+,58+,59+,60-,62-,64+,69-,70-,71+,72-,73-,78-,80+/m1/s1. The van der Waals surface area contributed by atoms with Crippen molar-refractivity contribution in [1.82, 2.24) is 31.3 Å². The quantitative estimate of drug-likeness (QED) is 0.0173. The Morgan fingerprint density at radius 3 is 2.11 bits per heavy atom. The van der Waals surface area contributed by atoms with E-state index >= 15 is 0 Å². The average Bonchev–Trinajstić information content (AvgIpc) is 1.56. The number of phenolic OH excluding ortho intramolecular Hbond substituents is 1. The lowest BCUT2D eigenvalue weighted by Crippen LogP contribution is -2.61. The second-order valence-electron chi connectivity index (χ2n) is 30.8. The minimum absolute atomic E-state index is 0.0469. The maximum absolute atomic E-state index is 14.5. The van der Waals surface area contributed by atoms with Crippen molar-refractivity contribution in [2.24, 2.45) is 45.9 Å². The van der Waals surface area contributed by atoms with E-state index in [0.29, 0.717) is 40.5 Å². The summed E-state index contributed by atoms with van der Waals surface area (Å²) in [5.74, 6) is -8.86. The highest BCUT2D eigenvalue weighted by Crippen LogP contribution is 2.57. The molecule has 1 saturated carbocycles. The number of carbonyl (C=O) groups is 7. The van der Waals surface area contributed by atoms with Crippen molar-refractivity contribution >= 4 is 74.1 Å². The number of aliphatic carboxylic acids is 1. The van der Waals surface area contributed by atoms with Gasteiger partial charge in [0.15, 0.2) is 6.29 Å². The lowest BCUT2D eigenvalue weighted by molar-refractivity contribution is -0.319. The molecular formula is C80H111N9O22S. The third-order valence-electron chi connectivity index (χ3n) is 21.5. The van der Waals surface area contributed by atoms with Crippen molar-refractivity contribution in [2.75, 3.05) is 59.1 Å². The normalized spacial score (nSPS) is 24.7. The molecule has 0 spiro atoms. The van der Waals surface area contributed by atoms with Crippen LogP contribution in [0.4, 0.5) is 5.69 Å². The number of nitrogens with zero attached hydrogens (tertiary/aromatic N) is 2. The molecule has 614 valence electrons. The number of phenols is 1. The highest BCUT2D eigenvalue weighted by Gasteiger charge is 2.56. The number of fused-ring (bicyclic) bond motifs is 3. The Morgan fingerprint density at radius 1 is 0.804 bits per heavy atom. The first-order valence-corrected chi connectivity index (χ1v) is 39.1. The first kappa shape index (κ1) is 88.8. The molecule has 4 aliphatic rings. The van der Waals surface area contributed by atoms with Crippen LogP contribution in [0.25, 0.3) is 10.8 Å². The molecule has 1 heterocycles. The number of amides is 6. The van der Waals surface area contributed by atoms with Crippen LogP contribution in [0.3, 0.4) is 0 Å². The fourth-order valence-electron chi connectivity index (χ4n) is 14.8. The van der Waals surface area contributed by atoms with Gasteiger partial charge in [-0.3, -0.25) is 33.6 Å². The van der Waals surface area contributed by atoms with Crippen LogP contribution in [0.15, 0.2) is 130 Å². The number of hydrogen-bond donors (Lipinski definition) is 14. The fraction of sp³-hybridized carbons (Fsp3) is 0.550. The van der Waals surface area contributed by atoms with Crippen LogP contribution >= 0.6 is 0 Å². The van der Waals surface area contributed by atoms with Crippen molar-refractivity contribution in [2.45, 2.75) is 197 Å². The second-order valence-corrected chi connectivity index (χ2v) is 32.5. The van der Waals surface area contributed by atoms with Crippen LogP contribution in [0.5, 0.6) is 5.75 Å². The smallest absolute Gasteiger partial charge is 0.305 e. The summed E-state index contributed by atoms with van der Waals surface area (Å²) < 4.78 is 61.5. The first-order valence-electron chi connectivity index (χ1n) is 37.6. The topological polar surface area (TPSA) is 464 Å². The van der Waals surface area contributed by atoms with Gasteiger partial charge >= 0.3 is 5.97 Å². The van der Waals surface area contributed by atoms with Gasteiger partial charge in [-0.25, -0.2) is 13.1 Å². The van der Waals surface area contributed by atoms with Crippen LogP contribution in [0.1, 0.15) is 111 Å². The molecule has 0 unspecified atom stereocenters. The number of aromatic hydroxyl groups is 1. The molecule has 32 heteroatoms. The van der Waals surface area contributed by atoms with Crippen molar-refractivity contribution in [3.63, 3.8) is 0 Å². The number of aliphatic hydroxyl groups is 5. The molecule has 17 atom stereocenters. The van der Waals surface area contributed by atoms with Gasteiger partial charge in [-0.05, 0) is 111 Å². The molecule has 15 N–H and O–H groups in total. The monoisotopic (exact) mass is 1580 g/mol. The molecular weight excluding hydrogens is 1470 g/mol. The number of nitrogens with two attached hydrogens (primary N) is 1. The number of sulfonamides is 1. The van der Waals surface area contributed by atoms with Gasteiger partial charge in [0.25, 0.3) is 0 Å². The summed E-state index contributed by atoms with van der Waals surface area (Å²) in [4.78, 5) is 102. The van der Waals surface area contributed by atoms with Crippen LogP contribution in [0, 0.1) is 35.0 Å². The van der Waals surface area contributed by atoms with E-state index in [2.05, 4.69) is 69.9 Å². The highest BCUT2D eigenvalue weighted by atomic mass is 32.2. The minimum atomic E-state index is -4.37. The number of carboxylic acids is 1. The number of methoxy groups -OCH3 is 1. The Bertz CT molecular complexity index is 4190. The van der Waals surface area contributed by atoms with Crippen molar-refractivity contribution in [1.29, 1.82) is 0 Å². The Hall–Kier alpha value is -8.77. The summed E-state index contributed by atoms with van der Waals surface area (Å²) in [5, 5.41) is 95.0. The zero-order valence-electron chi connectivity index (χ0n) is 65.2. The van der Waals surface area contributed by atoms with E-state index in [0.717, 1.165) is 35.2 Å². The number of benzene rings is 4. The molecule has 0 bridgehead atoms. The van der Waals surface area contributed by atoms with E-state index in [1.165, 1.54) is 36.5 Å². The summed E-state index contributed by atoms with van der Waals surface area (Å²) in [6.07, 6.45) is -5.30. The van der Waals surface area contributed by atoms with Crippen molar-refractivity contribution < 1.29 is 106 Å². The molecule has 3 aliphatic carbocycles. The molecule has 6 amide bonds. The predicted molar refractivity (Wildman–Crippen MR) is 414 cm³/mol. The second kappa shape index (κ2) is 39.3. The zero-order valence-corrected chi connectivity index (χ0v) is 66.1. The van der Waals surface area contributed by atoms with Gasteiger partial charge in [0.1, 0.15) is 67.0 Å². The van der Waals surface area contributed by atoms with Crippen LogP contribution in [-0.4, -0.2) is 231 Å². The van der Waals surface area contributed by atoms with Crippen LogP contribution in [0.2, 0.25) is 0 Å². The lowest BCUT2D eigenvalue weighted by Gasteiger charge is -2.47. The summed E-state index contributed by atoms with van der Waals surface area (Å²) in [6, 6.07) is 14.6. The summed E-state index contributed by atoms with van der Waals surface area (Å²) in [5.41, 5.74) is 8.85. The lowest BCUT2D eigenvalue weighted by atomic mass is 9.68. The van der Waals surface area contributed by atoms with Crippen molar-refractivity contribution in [3.05, 3.63) is 137 Å². The van der Waals surface area contributed by atoms with Gasteiger partial charge in [0.05, 0.1) is 74.4 Å². The number of primary amides is 1. The number of oxime groups is 1. The maximum Gasteiger partial charge on any atom is 0.305 e.